The second kappa shape index (κ2) is 8.94. The summed E-state index contributed by atoms with van der Waals surface area (Å²) in [5.74, 6) is 1.15. The summed E-state index contributed by atoms with van der Waals surface area (Å²) in [5, 5.41) is 4.91. The third-order valence-electron chi connectivity index (χ3n) is 6.41. The molecule has 170 valence electrons. The number of aromatic nitrogens is 3. The van der Waals surface area contributed by atoms with E-state index in [1.54, 1.807) is 11.3 Å². The van der Waals surface area contributed by atoms with E-state index in [4.69, 9.17) is 10.1 Å². The molecule has 0 spiro atoms. The zero-order valence-corrected chi connectivity index (χ0v) is 20.6. The van der Waals surface area contributed by atoms with Crippen LogP contribution in [0.15, 0.2) is 18.3 Å². The predicted molar refractivity (Wildman–Crippen MR) is 133 cm³/mol. The summed E-state index contributed by atoms with van der Waals surface area (Å²) >= 11 is 3.08. The van der Waals surface area contributed by atoms with Gasteiger partial charge < -0.3 is 14.5 Å². The Morgan fingerprint density at radius 3 is 2.72 bits per heavy atom. The van der Waals surface area contributed by atoms with Crippen molar-refractivity contribution in [3.05, 3.63) is 39.3 Å². The summed E-state index contributed by atoms with van der Waals surface area (Å²) in [5.41, 5.74) is 3.87. The second-order valence-corrected chi connectivity index (χ2v) is 10.6. The highest BCUT2D eigenvalue weighted by molar-refractivity contribution is 7.99. The van der Waals surface area contributed by atoms with Crippen molar-refractivity contribution in [3.8, 4) is 0 Å². The Bertz CT molecular complexity index is 1130. The second-order valence-electron chi connectivity index (χ2n) is 8.73. The van der Waals surface area contributed by atoms with Crippen molar-refractivity contribution in [3.63, 3.8) is 0 Å². The monoisotopic (exact) mass is 470 g/mol. The van der Waals surface area contributed by atoms with Gasteiger partial charge in [-0.05, 0) is 63.6 Å². The molecule has 32 heavy (non-hydrogen) atoms. The highest BCUT2D eigenvalue weighted by Gasteiger charge is 2.32. The van der Waals surface area contributed by atoms with Gasteiger partial charge in [0.15, 0.2) is 11.5 Å². The van der Waals surface area contributed by atoms with Gasteiger partial charge in [0, 0.05) is 30.8 Å². The van der Waals surface area contributed by atoms with Crippen molar-refractivity contribution in [1.82, 2.24) is 19.5 Å². The van der Waals surface area contributed by atoms with Gasteiger partial charge in [-0.2, -0.15) is 0 Å². The summed E-state index contributed by atoms with van der Waals surface area (Å²) in [6, 6.07) is 4.17. The van der Waals surface area contributed by atoms with Crippen LogP contribution in [-0.4, -0.2) is 51.3 Å². The number of piperidine rings is 1. The van der Waals surface area contributed by atoms with Crippen LogP contribution >= 0.6 is 23.3 Å². The van der Waals surface area contributed by atoms with Crippen molar-refractivity contribution in [1.29, 1.82) is 0 Å². The number of hydrogen-bond donors (Lipinski definition) is 1. The number of nitrogens with one attached hydrogen (secondary N) is 1. The maximum absolute atomic E-state index is 13.6. The first-order valence-corrected chi connectivity index (χ1v) is 13.4. The van der Waals surface area contributed by atoms with Crippen LogP contribution in [0.1, 0.15) is 64.0 Å². The third kappa shape index (κ3) is 3.96. The smallest absolute Gasteiger partial charge is 0.266 e. The van der Waals surface area contributed by atoms with Crippen LogP contribution < -0.4 is 9.62 Å². The van der Waals surface area contributed by atoms with Crippen molar-refractivity contribution >= 4 is 46.3 Å². The zero-order valence-electron chi connectivity index (χ0n) is 18.9. The van der Waals surface area contributed by atoms with E-state index in [2.05, 4.69) is 35.6 Å². The number of carbonyl (C=O) groups is 1. The quantitative estimate of drug-likeness (QED) is 0.526. The molecule has 3 aromatic rings. The molecule has 0 aromatic carbocycles. The van der Waals surface area contributed by atoms with Crippen LogP contribution in [0.4, 0.5) is 11.5 Å². The molecule has 9 heteroatoms. The maximum Gasteiger partial charge on any atom is 0.266 e. The maximum atomic E-state index is 13.6. The molecule has 2 fully saturated rings. The molecule has 5 rings (SSSR count). The Hall–Kier alpha value is -2.26. The van der Waals surface area contributed by atoms with Crippen molar-refractivity contribution in [2.45, 2.75) is 52.0 Å². The largest absolute Gasteiger partial charge is 0.355 e. The van der Waals surface area contributed by atoms with Crippen molar-refractivity contribution < 1.29 is 4.79 Å². The number of fused-ring (bicyclic) bond motifs is 1. The Morgan fingerprint density at radius 1 is 1.16 bits per heavy atom. The molecule has 3 aromatic heterocycles. The topological polar surface area (TPSA) is 65.8 Å². The summed E-state index contributed by atoms with van der Waals surface area (Å²) in [6.45, 7) is 7.06. The molecule has 1 N–H and O–H groups in total. The summed E-state index contributed by atoms with van der Waals surface area (Å²) in [4.78, 5) is 24.9. The summed E-state index contributed by atoms with van der Waals surface area (Å²) in [7, 11) is 0. The van der Waals surface area contributed by atoms with Gasteiger partial charge in [0.2, 0.25) is 0 Å². The van der Waals surface area contributed by atoms with Gasteiger partial charge >= 0.3 is 0 Å². The molecule has 1 amide bonds. The zero-order chi connectivity index (χ0) is 22.2. The molecular formula is C23H30N6OS2. The first-order valence-electron chi connectivity index (χ1n) is 11.4. The molecule has 2 aliphatic rings. The predicted octanol–water partition coefficient (Wildman–Crippen LogP) is 5.07. The standard InChI is InChI=1S/C23H30N6OS2/c1-15-12-20-24-18(14-29(20)25-22(15)27-9-6-7-10-27)19-8-4-5-11-28(19)23(30)21-17(26-31-3)13-16(2)32-21/h12-14,19,26H,4-11H2,1-3H3. The van der Waals surface area contributed by atoms with E-state index >= 15 is 0 Å². The fraction of sp³-hybridized carbons (Fsp3) is 0.522. The minimum absolute atomic E-state index is 0.0157. The van der Waals surface area contributed by atoms with Gasteiger partial charge in [-0.15, -0.1) is 16.4 Å². The number of hydrogen-bond acceptors (Lipinski definition) is 7. The number of rotatable bonds is 5. The first kappa shape index (κ1) is 21.6. The molecular weight excluding hydrogens is 440 g/mol. The number of likely N-dealkylation sites (tertiary alicyclic amines) is 1. The van der Waals surface area contributed by atoms with Gasteiger partial charge in [0.1, 0.15) is 4.88 Å². The number of aryl methyl sites for hydroxylation is 2. The van der Waals surface area contributed by atoms with Crippen molar-refractivity contribution in [2.75, 3.05) is 35.5 Å². The van der Waals surface area contributed by atoms with Crippen LogP contribution in [-0.2, 0) is 0 Å². The SMILES string of the molecule is CSNc1cc(C)sc1C(=O)N1CCCCC1c1cn2nc(N3CCCC3)c(C)cc2n1. The molecule has 0 radical (unpaired) electrons. The molecule has 0 saturated carbocycles. The Labute approximate surface area is 197 Å². The fourth-order valence-electron chi connectivity index (χ4n) is 4.89. The molecule has 0 bridgehead atoms. The van der Waals surface area contributed by atoms with Crippen LogP contribution in [0.5, 0.6) is 0 Å². The number of thiophene rings is 1. The van der Waals surface area contributed by atoms with Crippen LogP contribution in [0.3, 0.4) is 0 Å². The highest BCUT2D eigenvalue weighted by Crippen LogP contribution is 2.36. The Balaban J connectivity index is 1.47. The Kier molecular flexibility index (Phi) is 6.03. The fourth-order valence-corrected chi connectivity index (χ4v) is 6.26. The van der Waals surface area contributed by atoms with Gasteiger partial charge in [-0.3, -0.25) is 4.79 Å². The Morgan fingerprint density at radius 2 is 1.94 bits per heavy atom. The minimum Gasteiger partial charge on any atom is -0.355 e. The lowest BCUT2D eigenvalue weighted by atomic mass is 9.99. The van der Waals surface area contributed by atoms with E-state index in [1.165, 1.54) is 24.8 Å². The molecule has 2 aliphatic heterocycles. The van der Waals surface area contributed by atoms with Gasteiger partial charge in [0.25, 0.3) is 5.91 Å². The minimum atomic E-state index is -0.0157. The lowest BCUT2D eigenvalue weighted by Crippen LogP contribution is -2.38. The third-order valence-corrected chi connectivity index (χ3v) is 7.87. The number of carbonyl (C=O) groups excluding carboxylic acids is 1. The normalized spacial score (nSPS) is 19.2. The first-order chi connectivity index (χ1) is 15.5. The van der Waals surface area contributed by atoms with Crippen LogP contribution in [0.2, 0.25) is 0 Å². The van der Waals surface area contributed by atoms with E-state index in [1.807, 2.05) is 21.9 Å². The molecule has 1 unspecified atom stereocenters. The van der Waals surface area contributed by atoms with Crippen molar-refractivity contribution in [2.24, 2.45) is 0 Å². The average molecular weight is 471 g/mol. The molecule has 0 aliphatic carbocycles. The van der Waals surface area contributed by atoms with E-state index in [-0.39, 0.29) is 11.9 Å². The van der Waals surface area contributed by atoms with Crippen LogP contribution in [0, 0.1) is 13.8 Å². The lowest BCUT2D eigenvalue weighted by Gasteiger charge is -2.34. The average Bonchev–Trinajstić information content (AvgIpc) is 3.52. The number of anilines is 2. The van der Waals surface area contributed by atoms with E-state index < -0.39 is 0 Å². The molecule has 5 heterocycles. The van der Waals surface area contributed by atoms with Gasteiger partial charge in [0.05, 0.1) is 23.6 Å². The van der Waals surface area contributed by atoms with E-state index in [9.17, 15) is 4.79 Å². The van der Waals surface area contributed by atoms with Crippen LogP contribution in [0.25, 0.3) is 5.65 Å². The summed E-state index contributed by atoms with van der Waals surface area (Å²) in [6.07, 6.45) is 9.53. The van der Waals surface area contributed by atoms with Gasteiger partial charge in [-0.1, -0.05) is 11.9 Å². The summed E-state index contributed by atoms with van der Waals surface area (Å²) < 4.78 is 5.18. The highest BCUT2D eigenvalue weighted by atomic mass is 32.2. The van der Waals surface area contributed by atoms with E-state index in [0.29, 0.717) is 0 Å². The molecule has 1 atom stereocenters. The molecule has 2 saturated heterocycles. The molecule has 7 nitrogen and oxygen atoms in total. The lowest BCUT2D eigenvalue weighted by molar-refractivity contribution is 0.0612. The number of amides is 1. The number of imidazole rings is 1. The van der Waals surface area contributed by atoms with Gasteiger partial charge in [-0.25, -0.2) is 9.50 Å². The number of nitrogens with zero attached hydrogens (tertiary/aromatic N) is 5. The van der Waals surface area contributed by atoms with E-state index in [0.717, 1.165) is 77.1 Å².